The standard InChI is InChI=1S/20O.10Ti/q20*-2;10*+4. The fraction of sp³-hybridized carbons (Fsp3) is 0. The van der Waals surface area contributed by atoms with Crippen molar-refractivity contribution in [3.63, 3.8) is 0 Å². The number of hydrogen-bond acceptors (Lipinski definition) is 0. The van der Waals surface area contributed by atoms with E-state index >= 15 is 0 Å². The van der Waals surface area contributed by atoms with Crippen molar-refractivity contribution in [2.24, 2.45) is 0 Å². The van der Waals surface area contributed by atoms with Crippen molar-refractivity contribution in [1.29, 1.82) is 0 Å². The van der Waals surface area contributed by atoms with Gasteiger partial charge in [0, 0.05) is 0 Å². The van der Waals surface area contributed by atoms with Crippen LogP contribution >= 0.6 is 0 Å². The summed E-state index contributed by atoms with van der Waals surface area (Å²) in [6.45, 7) is 0. The number of hydrogen-bond donors (Lipinski definition) is 0. The molecule has 0 aromatic rings. The van der Waals surface area contributed by atoms with Crippen LogP contribution in [0.25, 0.3) is 0 Å². The maximum Gasteiger partial charge on any atom is 4.00 e. The smallest absolute Gasteiger partial charge is 2.00 e. The Bertz CT molecular complexity index is 27.5. The van der Waals surface area contributed by atoms with Crippen LogP contribution in [0.3, 0.4) is 0 Å². The minimum absolute atomic E-state index is 0. The molecule has 0 heterocycles. The van der Waals surface area contributed by atoms with E-state index in [2.05, 4.69) is 0 Å². The Morgan fingerprint density at radius 1 is 0.0667 bits per heavy atom. The molecule has 0 saturated heterocycles. The van der Waals surface area contributed by atoms with Crippen molar-refractivity contribution in [3.8, 4) is 0 Å². The van der Waals surface area contributed by atoms with E-state index in [4.69, 9.17) is 0 Å². The molecule has 0 atom stereocenters. The van der Waals surface area contributed by atoms with E-state index in [0.29, 0.717) is 0 Å². The van der Waals surface area contributed by atoms with E-state index in [9.17, 15) is 0 Å². The van der Waals surface area contributed by atoms with Crippen LogP contribution in [-0.2, 0) is 327 Å². The first kappa shape index (κ1) is 1130. The Balaban J connectivity index is 0. The second kappa shape index (κ2) is 1040. The summed E-state index contributed by atoms with van der Waals surface area (Å²) in [5, 5.41) is 0. The summed E-state index contributed by atoms with van der Waals surface area (Å²) >= 11 is 0. The van der Waals surface area contributed by atoms with E-state index in [1.165, 1.54) is 0 Å². The van der Waals surface area contributed by atoms with Gasteiger partial charge in [-0.15, -0.1) is 0 Å². The van der Waals surface area contributed by atoms with Gasteiger partial charge in [-0.3, -0.25) is 0 Å². The molecule has 0 aliphatic heterocycles. The molecule has 0 amide bonds. The van der Waals surface area contributed by atoms with Crippen LogP contribution in [0.4, 0.5) is 0 Å². The molecule has 0 aliphatic carbocycles. The minimum atomic E-state index is 0. The molecule has 0 rings (SSSR count). The van der Waals surface area contributed by atoms with Gasteiger partial charge < -0.3 is 110 Å². The summed E-state index contributed by atoms with van der Waals surface area (Å²) in [5.74, 6) is 0. The monoisotopic (exact) mass is 799 g/mol. The van der Waals surface area contributed by atoms with Crippen LogP contribution in [0, 0.1) is 0 Å². The van der Waals surface area contributed by atoms with Gasteiger partial charge in [-0.25, -0.2) is 0 Å². The molecule has 30 heteroatoms. The average molecular weight is 799 g/mol. The molecule has 30 heavy (non-hydrogen) atoms. The molecule has 0 bridgehead atoms. The van der Waals surface area contributed by atoms with Crippen LogP contribution in [0.2, 0.25) is 0 Å². The second-order valence-electron chi connectivity index (χ2n) is 0. The van der Waals surface area contributed by atoms with E-state index in [1.54, 1.807) is 0 Å². The third-order valence-electron chi connectivity index (χ3n) is 0. The van der Waals surface area contributed by atoms with Crippen LogP contribution in [0.1, 0.15) is 0 Å². The Hall–Kier alpha value is 6.34. The first-order chi connectivity index (χ1) is 0. The van der Waals surface area contributed by atoms with Crippen molar-refractivity contribution in [1.82, 2.24) is 0 Å². The zero-order chi connectivity index (χ0) is 0. The number of rotatable bonds is 0. The van der Waals surface area contributed by atoms with Gasteiger partial charge in [0.15, 0.2) is 0 Å². The summed E-state index contributed by atoms with van der Waals surface area (Å²) in [5.41, 5.74) is 0. The van der Waals surface area contributed by atoms with Gasteiger partial charge in [-0.1, -0.05) is 0 Å². The molecule has 160 valence electrons. The molecule has 0 radical (unpaired) electrons. The zero-order valence-corrected chi connectivity index (χ0v) is 28.8. The van der Waals surface area contributed by atoms with Crippen LogP contribution < -0.4 is 0 Å². The molecule has 0 fully saturated rings. The van der Waals surface area contributed by atoms with Crippen molar-refractivity contribution in [3.05, 3.63) is 0 Å². The Morgan fingerprint density at radius 2 is 0.0667 bits per heavy atom. The van der Waals surface area contributed by atoms with Gasteiger partial charge in [0.05, 0.1) is 0 Å². The Kier molecular flexibility index (Phi) is 39000. The second-order valence-corrected chi connectivity index (χ2v) is 0. The molecule has 0 aromatic carbocycles. The van der Waals surface area contributed by atoms with Crippen LogP contribution in [-0.4, -0.2) is 0 Å². The van der Waals surface area contributed by atoms with Gasteiger partial charge in [-0.05, 0) is 0 Å². The SMILES string of the molecule is [O-2].[O-2].[O-2].[O-2].[O-2].[O-2].[O-2].[O-2].[O-2].[O-2].[O-2].[O-2].[O-2].[O-2].[O-2].[O-2].[O-2].[O-2].[O-2].[O-2].[Ti+4].[Ti+4].[Ti+4].[Ti+4].[Ti+4].[Ti+4].[Ti+4].[Ti+4].[Ti+4].[Ti+4]. The van der Waals surface area contributed by atoms with Crippen molar-refractivity contribution in [2.45, 2.75) is 0 Å². The fourth-order valence-electron chi connectivity index (χ4n) is 0. The average Bonchev–Trinajstić information content (AvgIpc) is 0. The molecular weight excluding hydrogens is 799 g/mol. The summed E-state index contributed by atoms with van der Waals surface area (Å²) in [7, 11) is 0. The zero-order valence-electron chi connectivity index (χ0n) is 13.2. The molecule has 0 unspecified atom stereocenters. The summed E-state index contributed by atoms with van der Waals surface area (Å²) < 4.78 is 0. The maximum absolute atomic E-state index is 0. The minimum Gasteiger partial charge on any atom is -2.00 e. The van der Waals surface area contributed by atoms with Gasteiger partial charge in [0.25, 0.3) is 0 Å². The largest absolute Gasteiger partial charge is 4.00 e. The van der Waals surface area contributed by atoms with E-state index in [1.807, 2.05) is 0 Å². The Morgan fingerprint density at radius 3 is 0.0667 bits per heavy atom. The third-order valence-corrected chi connectivity index (χ3v) is 0. The molecule has 0 N–H and O–H groups in total. The summed E-state index contributed by atoms with van der Waals surface area (Å²) in [6.07, 6.45) is 0. The van der Waals surface area contributed by atoms with Crippen molar-refractivity contribution in [2.75, 3.05) is 0 Å². The van der Waals surface area contributed by atoms with Crippen molar-refractivity contribution < 1.29 is 327 Å². The van der Waals surface area contributed by atoms with E-state index < -0.39 is 0 Å². The molecule has 0 saturated carbocycles. The molecule has 20 nitrogen and oxygen atoms in total. The van der Waals surface area contributed by atoms with Crippen molar-refractivity contribution >= 4 is 0 Å². The van der Waals surface area contributed by atoms with Crippen LogP contribution in [0.15, 0.2) is 0 Å². The molecule has 0 aromatic heterocycles. The van der Waals surface area contributed by atoms with E-state index in [-0.39, 0.29) is 327 Å². The van der Waals surface area contributed by atoms with Gasteiger partial charge in [0.1, 0.15) is 0 Å². The van der Waals surface area contributed by atoms with Gasteiger partial charge in [0.2, 0.25) is 0 Å². The van der Waals surface area contributed by atoms with E-state index in [0.717, 1.165) is 0 Å². The summed E-state index contributed by atoms with van der Waals surface area (Å²) in [4.78, 5) is 0. The summed E-state index contributed by atoms with van der Waals surface area (Å²) in [6, 6.07) is 0. The predicted octanol–water partition coefficient (Wildman–Crippen LogP) is -2.40. The third kappa shape index (κ3) is 949. The van der Waals surface area contributed by atoms with Gasteiger partial charge >= 0.3 is 217 Å². The quantitative estimate of drug-likeness (QED) is 0.231. The molecule has 0 spiro atoms. The predicted molar refractivity (Wildman–Crippen MR) is 13.7 cm³/mol. The maximum atomic E-state index is 0. The first-order valence-electron chi connectivity index (χ1n) is 0. The fourth-order valence-corrected chi connectivity index (χ4v) is 0. The molecule has 0 aliphatic rings. The topological polar surface area (TPSA) is 570 Å². The normalized spacial score (nSPS) is 0. The van der Waals surface area contributed by atoms with Crippen LogP contribution in [0.5, 0.6) is 0 Å². The molecular formula is O20Ti10. The first-order valence-corrected chi connectivity index (χ1v) is 0. The Labute approximate surface area is 321 Å². The van der Waals surface area contributed by atoms with Gasteiger partial charge in [-0.2, -0.15) is 0 Å².